The highest BCUT2D eigenvalue weighted by molar-refractivity contribution is 5.33. The van der Waals surface area contributed by atoms with Gasteiger partial charge >= 0.3 is 0 Å². The number of benzene rings is 1. The number of ether oxygens (including phenoxy) is 1. The molecule has 0 fully saturated rings. The number of methoxy groups -OCH3 is 1. The molecule has 0 N–H and O–H groups in total. The Bertz CT molecular complexity index is 317. The largest absolute Gasteiger partial charge is 0.496 e. The minimum atomic E-state index is 0.900. The van der Waals surface area contributed by atoms with Crippen LogP contribution in [0.3, 0.4) is 0 Å². The van der Waals surface area contributed by atoms with Crippen LogP contribution < -0.4 is 4.74 Å². The molecule has 68 valence electrons. The Morgan fingerprint density at radius 2 is 2.08 bits per heavy atom. The predicted octanol–water partition coefficient (Wildman–Crippen LogP) is 2.65. The van der Waals surface area contributed by atoms with Gasteiger partial charge in [-0.25, -0.2) is 0 Å². The van der Waals surface area contributed by atoms with Crippen molar-refractivity contribution in [2.45, 2.75) is 19.8 Å². The van der Waals surface area contributed by atoms with Crippen LogP contribution in [-0.4, -0.2) is 7.11 Å². The van der Waals surface area contributed by atoms with Crippen molar-refractivity contribution in [2.24, 2.45) is 0 Å². The van der Waals surface area contributed by atoms with E-state index < -0.39 is 0 Å². The minimum Gasteiger partial charge on any atom is -0.496 e. The van der Waals surface area contributed by atoms with Crippen molar-refractivity contribution in [3.05, 3.63) is 29.8 Å². The van der Waals surface area contributed by atoms with E-state index >= 15 is 0 Å². The number of aryl methyl sites for hydroxylation is 1. The zero-order chi connectivity index (χ0) is 9.52. The van der Waals surface area contributed by atoms with Crippen LogP contribution in [0.1, 0.15) is 18.9 Å². The second kappa shape index (κ2) is 5.27. The Kier molecular flexibility index (Phi) is 3.92. The molecule has 0 atom stereocenters. The first-order valence-corrected chi connectivity index (χ1v) is 4.40. The monoisotopic (exact) mass is 174 g/mol. The van der Waals surface area contributed by atoms with Crippen molar-refractivity contribution in [3.8, 4) is 17.6 Å². The minimum absolute atomic E-state index is 0.900. The third-order valence-corrected chi connectivity index (χ3v) is 1.89. The predicted molar refractivity (Wildman–Crippen MR) is 54.8 cm³/mol. The standard InChI is InChI=1S/C12H14O/c1-3-4-5-8-11-9-6-7-10-12(11)13-2/h6-7,9-10H,5,8H2,1-2H3. The van der Waals surface area contributed by atoms with Crippen LogP contribution in [0.2, 0.25) is 0 Å². The summed E-state index contributed by atoms with van der Waals surface area (Å²) in [7, 11) is 1.70. The van der Waals surface area contributed by atoms with Gasteiger partial charge in [-0.05, 0) is 25.0 Å². The van der Waals surface area contributed by atoms with E-state index in [4.69, 9.17) is 4.74 Å². The van der Waals surface area contributed by atoms with E-state index in [2.05, 4.69) is 17.9 Å². The maximum atomic E-state index is 5.23. The molecule has 1 heteroatoms. The zero-order valence-electron chi connectivity index (χ0n) is 8.13. The first-order valence-electron chi connectivity index (χ1n) is 4.40. The van der Waals surface area contributed by atoms with Crippen LogP contribution in [0.4, 0.5) is 0 Å². The Labute approximate surface area is 79.7 Å². The molecule has 1 aromatic carbocycles. The lowest BCUT2D eigenvalue weighted by molar-refractivity contribution is 0.410. The quantitative estimate of drug-likeness (QED) is 0.640. The van der Waals surface area contributed by atoms with Crippen molar-refractivity contribution in [1.29, 1.82) is 0 Å². The van der Waals surface area contributed by atoms with Gasteiger partial charge in [-0.3, -0.25) is 0 Å². The fourth-order valence-corrected chi connectivity index (χ4v) is 1.23. The summed E-state index contributed by atoms with van der Waals surface area (Å²) in [6, 6.07) is 8.07. The lowest BCUT2D eigenvalue weighted by Crippen LogP contribution is -1.90. The van der Waals surface area contributed by atoms with Crippen LogP contribution in [0.25, 0.3) is 0 Å². The molecule has 1 rings (SSSR count). The number of para-hydroxylation sites is 1. The fraction of sp³-hybridized carbons (Fsp3) is 0.333. The topological polar surface area (TPSA) is 9.23 Å². The summed E-state index contributed by atoms with van der Waals surface area (Å²) >= 11 is 0. The Balaban J connectivity index is 2.67. The van der Waals surface area contributed by atoms with Gasteiger partial charge < -0.3 is 4.74 Å². The van der Waals surface area contributed by atoms with E-state index in [9.17, 15) is 0 Å². The average molecular weight is 174 g/mol. The maximum Gasteiger partial charge on any atom is 0.122 e. The molecule has 0 amide bonds. The van der Waals surface area contributed by atoms with E-state index in [1.165, 1.54) is 5.56 Å². The third kappa shape index (κ3) is 2.83. The molecule has 0 saturated heterocycles. The van der Waals surface area contributed by atoms with E-state index in [-0.39, 0.29) is 0 Å². The summed E-state index contributed by atoms with van der Waals surface area (Å²) in [5.74, 6) is 6.89. The SMILES string of the molecule is CC#CCCc1ccccc1OC. The molecular formula is C12H14O. The number of hydrogen-bond acceptors (Lipinski definition) is 1. The van der Waals surface area contributed by atoms with Crippen molar-refractivity contribution in [1.82, 2.24) is 0 Å². The average Bonchev–Trinajstić information content (AvgIpc) is 2.19. The van der Waals surface area contributed by atoms with Crippen LogP contribution in [-0.2, 0) is 6.42 Å². The van der Waals surface area contributed by atoms with Gasteiger partial charge in [0, 0.05) is 6.42 Å². The maximum absolute atomic E-state index is 5.23. The van der Waals surface area contributed by atoms with Crippen LogP contribution in [0.15, 0.2) is 24.3 Å². The highest BCUT2D eigenvalue weighted by Gasteiger charge is 1.98. The van der Waals surface area contributed by atoms with E-state index in [1.807, 2.05) is 25.1 Å². The second-order valence-corrected chi connectivity index (χ2v) is 2.74. The molecule has 0 heterocycles. The highest BCUT2D eigenvalue weighted by atomic mass is 16.5. The van der Waals surface area contributed by atoms with E-state index in [0.717, 1.165) is 18.6 Å². The van der Waals surface area contributed by atoms with Crippen LogP contribution in [0.5, 0.6) is 5.75 Å². The Morgan fingerprint density at radius 1 is 1.31 bits per heavy atom. The van der Waals surface area contributed by atoms with Gasteiger partial charge in [0.15, 0.2) is 0 Å². The summed E-state index contributed by atoms with van der Waals surface area (Å²) in [5, 5.41) is 0. The fourth-order valence-electron chi connectivity index (χ4n) is 1.23. The van der Waals surface area contributed by atoms with E-state index in [1.54, 1.807) is 7.11 Å². The van der Waals surface area contributed by atoms with Crippen LogP contribution in [0, 0.1) is 11.8 Å². The molecule has 1 aromatic rings. The Morgan fingerprint density at radius 3 is 2.77 bits per heavy atom. The molecule has 0 aromatic heterocycles. The van der Waals surface area contributed by atoms with Crippen molar-refractivity contribution in [2.75, 3.05) is 7.11 Å². The first kappa shape index (κ1) is 9.67. The zero-order valence-corrected chi connectivity index (χ0v) is 8.13. The third-order valence-electron chi connectivity index (χ3n) is 1.89. The molecule has 0 aliphatic carbocycles. The normalized spacial score (nSPS) is 8.77. The molecule has 0 saturated carbocycles. The van der Waals surface area contributed by atoms with Gasteiger partial charge in [-0.15, -0.1) is 11.8 Å². The molecule has 0 aliphatic heterocycles. The smallest absolute Gasteiger partial charge is 0.122 e. The summed E-state index contributed by atoms with van der Waals surface area (Å²) in [6.07, 6.45) is 1.86. The summed E-state index contributed by atoms with van der Waals surface area (Å²) in [4.78, 5) is 0. The molecule has 0 spiro atoms. The van der Waals surface area contributed by atoms with Crippen molar-refractivity contribution in [3.63, 3.8) is 0 Å². The molecule has 1 nitrogen and oxygen atoms in total. The summed E-state index contributed by atoms with van der Waals surface area (Å²) in [6.45, 7) is 1.86. The molecular weight excluding hydrogens is 160 g/mol. The number of rotatable bonds is 3. The molecule has 0 unspecified atom stereocenters. The van der Waals surface area contributed by atoms with Gasteiger partial charge in [-0.1, -0.05) is 18.2 Å². The molecule has 0 radical (unpaired) electrons. The molecule has 0 bridgehead atoms. The second-order valence-electron chi connectivity index (χ2n) is 2.74. The van der Waals surface area contributed by atoms with Gasteiger partial charge in [0.25, 0.3) is 0 Å². The highest BCUT2D eigenvalue weighted by Crippen LogP contribution is 2.18. The number of hydrogen-bond donors (Lipinski definition) is 0. The van der Waals surface area contributed by atoms with Crippen LogP contribution >= 0.6 is 0 Å². The van der Waals surface area contributed by atoms with Gasteiger partial charge in [0.05, 0.1) is 7.11 Å². The summed E-state index contributed by atoms with van der Waals surface area (Å²) < 4.78 is 5.23. The first-order chi connectivity index (χ1) is 6.38. The van der Waals surface area contributed by atoms with E-state index in [0.29, 0.717) is 0 Å². The summed E-state index contributed by atoms with van der Waals surface area (Å²) in [5.41, 5.74) is 1.23. The van der Waals surface area contributed by atoms with Gasteiger partial charge in [-0.2, -0.15) is 0 Å². The Hall–Kier alpha value is -1.42. The van der Waals surface area contributed by atoms with Gasteiger partial charge in [0.2, 0.25) is 0 Å². The lowest BCUT2D eigenvalue weighted by Gasteiger charge is -2.05. The molecule has 0 aliphatic rings. The molecule has 13 heavy (non-hydrogen) atoms. The van der Waals surface area contributed by atoms with Crippen molar-refractivity contribution < 1.29 is 4.74 Å². The lowest BCUT2D eigenvalue weighted by atomic mass is 10.1. The van der Waals surface area contributed by atoms with Gasteiger partial charge in [0.1, 0.15) is 5.75 Å². The van der Waals surface area contributed by atoms with Crippen molar-refractivity contribution >= 4 is 0 Å².